The summed E-state index contributed by atoms with van der Waals surface area (Å²) in [7, 11) is 0. The van der Waals surface area contributed by atoms with Crippen molar-refractivity contribution < 1.29 is 0 Å². The van der Waals surface area contributed by atoms with Crippen molar-refractivity contribution in [1.82, 2.24) is 4.98 Å². The first-order chi connectivity index (χ1) is 8.38. The largest absolute Gasteiger partial charge is 0.357 e. The molecule has 1 aliphatic rings. The zero-order chi connectivity index (χ0) is 11.7. The first-order valence-corrected chi connectivity index (χ1v) is 6.22. The molecule has 0 bridgehead atoms. The summed E-state index contributed by atoms with van der Waals surface area (Å²) in [6.45, 7) is 2.81. The number of benzene rings is 1. The predicted octanol–water partition coefficient (Wildman–Crippen LogP) is 2.29. The maximum Gasteiger partial charge on any atom is 0.129 e. The lowest BCUT2D eigenvalue weighted by Crippen LogP contribution is -2.19. The Bertz CT molecular complexity index is 530. The summed E-state index contributed by atoms with van der Waals surface area (Å²) in [4.78, 5) is 7.09. The molecule has 3 nitrogen and oxygen atoms in total. The molecule has 0 radical (unpaired) electrons. The fourth-order valence-electron chi connectivity index (χ4n) is 2.51. The Hall–Kier alpha value is -1.61. The van der Waals surface area contributed by atoms with Crippen LogP contribution in [0.15, 0.2) is 30.3 Å². The van der Waals surface area contributed by atoms with Crippen LogP contribution in [0.2, 0.25) is 0 Å². The van der Waals surface area contributed by atoms with Gasteiger partial charge in [0.25, 0.3) is 0 Å². The van der Waals surface area contributed by atoms with E-state index in [2.05, 4.69) is 23.1 Å². The van der Waals surface area contributed by atoms with Crippen LogP contribution in [-0.4, -0.2) is 18.1 Å². The molecule has 0 unspecified atom stereocenters. The van der Waals surface area contributed by atoms with E-state index < -0.39 is 0 Å². The van der Waals surface area contributed by atoms with Crippen LogP contribution < -0.4 is 10.6 Å². The van der Waals surface area contributed by atoms with Gasteiger partial charge in [0.1, 0.15) is 5.82 Å². The number of aromatic nitrogens is 1. The molecule has 0 spiro atoms. The lowest BCUT2D eigenvalue weighted by molar-refractivity contribution is 0.937. The van der Waals surface area contributed by atoms with Gasteiger partial charge in [-0.05, 0) is 30.5 Å². The summed E-state index contributed by atoms with van der Waals surface area (Å²) in [5.74, 6) is 1.08. The lowest BCUT2D eigenvalue weighted by Gasteiger charge is -2.18. The molecule has 3 heteroatoms. The molecule has 0 amide bonds. The zero-order valence-electron chi connectivity index (χ0n) is 9.89. The van der Waals surface area contributed by atoms with E-state index in [1.165, 1.54) is 23.8 Å². The summed E-state index contributed by atoms with van der Waals surface area (Å²) in [6, 6.07) is 10.4. The van der Waals surface area contributed by atoms with Crippen molar-refractivity contribution in [3.05, 3.63) is 35.9 Å². The Morgan fingerprint density at radius 3 is 2.71 bits per heavy atom. The first kappa shape index (κ1) is 10.5. The average molecular weight is 227 g/mol. The van der Waals surface area contributed by atoms with Crippen LogP contribution in [0.25, 0.3) is 10.9 Å². The molecule has 0 aliphatic carbocycles. The number of nitrogens with two attached hydrogens (primary N) is 1. The molecular weight excluding hydrogens is 210 g/mol. The van der Waals surface area contributed by atoms with Gasteiger partial charge in [0.15, 0.2) is 0 Å². The monoisotopic (exact) mass is 227 g/mol. The Morgan fingerprint density at radius 1 is 1.18 bits per heavy atom. The van der Waals surface area contributed by atoms with E-state index >= 15 is 0 Å². The lowest BCUT2D eigenvalue weighted by atomic mass is 10.1. The second-order valence-electron chi connectivity index (χ2n) is 4.56. The number of para-hydroxylation sites is 1. The average Bonchev–Trinajstić information content (AvgIpc) is 2.91. The van der Waals surface area contributed by atoms with Gasteiger partial charge in [0.05, 0.1) is 5.52 Å². The Balaban J connectivity index is 2.13. The van der Waals surface area contributed by atoms with Gasteiger partial charge in [-0.1, -0.05) is 18.2 Å². The molecule has 0 saturated carbocycles. The van der Waals surface area contributed by atoms with Crippen LogP contribution in [-0.2, 0) is 6.54 Å². The van der Waals surface area contributed by atoms with Crippen molar-refractivity contribution in [1.29, 1.82) is 0 Å². The molecule has 2 N–H and O–H groups in total. The Kier molecular flexibility index (Phi) is 2.69. The second-order valence-corrected chi connectivity index (χ2v) is 4.56. The fraction of sp³-hybridized carbons (Fsp3) is 0.357. The van der Waals surface area contributed by atoms with E-state index in [0.29, 0.717) is 6.54 Å². The van der Waals surface area contributed by atoms with Crippen molar-refractivity contribution >= 4 is 16.7 Å². The molecule has 1 fully saturated rings. The van der Waals surface area contributed by atoms with E-state index in [-0.39, 0.29) is 0 Å². The SMILES string of the molecule is NCc1cc(N2CCCC2)nc2ccccc12. The van der Waals surface area contributed by atoms with Gasteiger partial charge in [-0.3, -0.25) is 0 Å². The number of pyridine rings is 1. The highest BCUT2D eigenvalue weighted by atomic mass is 15.2. The van der Waals surface area contributed by atoms with Crippen molar-refractivity contribution in [3.8, 4) is 0 Å². The Labute approximate surface area is 101 Å². The molecule has 88 valence electrons. The minimum atomic E-state index is 0.573. The molecule has 0 atom stereocenters. The molecule has 2 heterocycles. The van der Waals surface area contributed by atoms with E-state index in [0.717, 1.165) is 24.4 Å². The third-order valence-electron chi connectivity index (χ3n) is 3.44. The number of fused-ring (bicyclic) bond motifs is 1. The summed E-state index contributed by atoms with van der Waals surface area (Å²) >= 11 is 0. The smallest absolute Gasteiger partial charge is 0.129 e. The van der Waals surface area contributed by atoms with Crippen LogP contribution in [0.1, 0.15) is 18.4 Å². The van der Waals surface area contributed by atoms with Gasteiger partial charge >= 0.3 is 0 Å². The fourth-order valence-corrected chi connectivity index (χ4v) is 2.51. The van der Waals surface area contributed by atoms with Crippen molar-refractivity contribution in [2.24, 2.45) is 5.73 Å². The van der Waals surface area contributed by atoms with Gasteiger partial charge in [-0.15, -0.1) is 0 Å². The maximum absolute atomic E-state index is 5.84. The van der Waals surface area contributed by atoms with Gasteiger partial charge in [-0.25, -0.2) is 4.98 Å². The minimum absolute atomic E-state index is 0.573. The van der Waals surface area contributed by atoms with Crippen LogP contribution in [0.5, 0.6) is 0 Å². The topological polar surface area (TPSA) is 42.1 Å². The number of hydrogen-bond donors (Lipinski definition) is 1. The van der Waals surface area contributed by atoms with E-state index in [4.69, 9.17) is 10.7 Å². The van der Waals surface area contributed by atoms with Crippen LogP contribution >= 0.6 is 0 Å². The third kappa shape index (κ3) is 1.87. The van der Waals surface area contributed by atoms with Gasteiger partial charge in [0, 0.05) is 25.0 Å². The molecule has 1 saturated heterocycles. The summed E-state index contributed by atoms with van der Waals surface area (Å²) < 4.78 is 0. The number of hydrogen-bond acceptors (Lipinski definition) is 3. The second kappa shape index (κ2) is 4.34. The molecule has 1 aliphatic heterocycles. The van der Waals surface area contributed by atoms with Crippen LogP contribution in [0.3, 0.4) is 0 Å². The highest BCUT2D eigenvalue weighted by Crippen LogP contribution is 2.24. The van der Waals surface area contributed by atoms with E-state index in [9.17, 15) is 0 Å². The summed E-state index contributed by atoms with van der Waals surface area (Å²) in [6.07, 6.45) is 2.54. The molecular formula is C14H17N3. The summed E-state index contributed by atoms with van der Waals surface area (Å²) in [5.41, 5.74) is 8.08. The van der Waals surface area contributed by atoms with Crippen molar-refractivity contribution in [2.75, 3.05) is 18.0 Å². The van der Waals surface area contributed by atoms with Gasteiger partial charge < -0.3 is 10.6 Å². The minimum Gasteiger partial charge on any atom is -0.357 e. The number of rotatable bonds is 2. The van der Waals surface area contributed by atoms with E-state index in [1.54, 1.807) is 0 Å². The molecule has 3 rings (SSSR count). The molecule has 1 aromatic carbocycles. The number of anilines is 1. The zero-order valence-corrected chi connectivity index (χ0v) is 9.89. The van der Waals surface area contributed by atoms with E-state index in [1.807, 2.05) is 12.1 Å². The Morgan fingerprint density at radius 2 is 1.94 bits per heavy atom. The van der Waals surface area contributed by atoms with Crippen LogP contribution in [0.4, 0.5) is 5.82 Å². The van der Waals surface area contributed by atoms with Crippen molar-refractivity contribution in [3.63, 3.8) is 0 Å². The highest BCUT2D eigenvalue weighted by molar-refractivity contribution is 5.84. The third-order valence-corrected chi connectivity index (χ3v) is 3.44. The molecule has 1 aromatic heterocycles. The standard InChI is InChI=1S/C14H17N3/c15-10-11-9-14(17-7-3-4-8-17)16-13-6-2-1-5-12(11)13/h1-2,5-6,9H,3-4,7-8,10,15H2. The van der Waals surface area contributed by atoms with Crippen LogP contribution in [0, 0.1) is 0 Å². The van der Waals surface area contributed by atoms with Crippen molar-refractivity contribution in [2.45, 2.75) is 19.4 Å². The predicted molar refractivity (Wildman–Crippen MR) is 71.1 cm³/mol. The molecule has 2 aromatic rings. The number of nitrogens with zero attached hydrogens (tertiary/aromatic N) is 2. The maximum atomic E-state index is 5.84. The van der Waals surface area contributed by atoms with Gasteiger partial charge in [-0.2, -0.15) is 0 Å². The quantitative estimate of drug-likeness (QED) is 0.856. The summed E-state index contributed by atoms with van der Waals surface area (Å²) in [5, 5.41) is 1.18. The first-order valence-electron chi connectivity index (χ1n) is 6.22. The highest BCUT2D eigenvalue weighted by Gasteiger charge is 2.15. The molecule has 17 heavy (non-hydrogen) atoms. The normalized spacial score (nSPS) is 15.7. The van der Waals surface area contributed by atoms with Gasteiger partial charge in [0.2, 0.25) is 0 Å².